The SMILES string of the molecule is CN1CC(c2ccc(C3(C)CCCN3)cc2Br)C1. The van der Waals surface area contributed by atoms with E-state index >= 15 is 0 Å². The second kappa shape index (κ2) is 4.62. The van der Waals surface area contributed by atoms with E-state index in [4.69, 9.17) is 0 Å². The van der Waals surface area contributed by atoms with E-state index in [0.717, 1.165) is 6.54 Å². The Morgan fingerprint density at radius 3 is 2.72 bits per heavy atom. The summed E-state index contributed by atoms with van der Waals surface area (Å²) < 4.78 is 1.29. The zero-order valence-corrected chi connectivity index (χ0v) is 12.8. The van der Waals surface area contributed by atoms with Crippen molar-refractivity contribution >= 4 is 15.9 Å². The highest BCUT2D eigenvalue weighted by Gasteiger charge is 2.31. The molecule has 18 heavy (non-hydrogen) atoms. The summed E-state index contributed by atoms with van der Waals surface area (Å²) in [4.78, 5) is 2.37. The van der Waals surface area contributed by atoms with Gasteiger partial charge in [-0.3, -0.25) is 0 Å². The van der Waals surface area contributed by atoms with Gasteiger partial charge in [0.05, 0.1) is 0 Å². The average molecular weight is 309 g/mol. The maximum Gasteiger partial charge on any atom is 0.0406 e. The first kappa shape index (κ1) is 12.6. The Morgan fingerprint density at radius 2 is 2.17 bits per heavy atom. The molecule has 2 saturated heterocycles. The van der Waals surface area contributed by atoms with Crippen molar-refractivity contribution in [3.63, 3.8) is 0 Å². The summed E-state index contributed by atoms with van der Waals surface area (Å²) >= 11 is 3.77. The molecule has 2 fully saturated rings. The summed E-state index contributed by atoms with van der Waals surface area (Å²) in [5.41, 5.74) is 3.07. The molecule has 0 aliphatic carbocycles. The predicted octanol–water partition coefficient (Wildman–Crippen LogP) is 3.08. The largest absolute Gasteiger partial charge is 0.308 e. The minimum absolute atomic E-state index is 0.178. The lowest BCUT2D eigenvalue weighted by atomic mass is 9.86. The third-order valence-corrected chi connectivity index (χ3v) is 5.20. The quantitative estimate of drug-likeness (QED) is 0.903. The predicted molar refractivity (Wildman–Crippen MR) is 79.0 cm³/mol. The van der Waals surface area contributed by atoms with Crippen molar-refractivity contribution in [2.45, 2.75) is 31.2 Å². The molecule has 0 radical (unpaired) electrons. The lowest BCUT2D eigenvalue weighted by molar-refractivity contribution is 0.189. The van der Waals surface area contributed by atoms with Gasteiger partial charge in [-0.2, -0.15) is 0 Å². The van der Waals surface area contributed by atoms with Crippen LogP contribution in [0.3, 0.4) is 0 Å². The molecule has 0 bridgehead atoms. The van der Waals surface area contributed by atoms with Gasteiger partial charge in [0.25, 0.3) is 0 Å². The Hall–Kier alpha value is -0.380. The van der Waals surface area contributed by atoms with Crippen LogP contribution in [-0.2, 0) is 5.54 Å². The third kappa shape index (κ3) is 2.13. The number of likely N-dealkylation sites (N-methyl/N-ethyl adjacent to an activating group) is 1. The van der Waals surface area contributed by atoms with Crippen LogP contribution < -0.4 is 5.32 Å². The topological polar surface area (TPSA) is 15.3 Å². The lowest BCUT2D eigenvalue weighted by Gasteiger charge is -2.37. The summed E-state index contributed by atoms with van der Waals surface area (Å²) in [5, 5.41) is 3.63. The number of benzene rings is 1. The van der Waals surface area contributed by atoms with Crippen molar-refractivity contribution in [3.8, 4) is 0 Å². The van der Waals surface area contributed by atoms with E-state index in [0.29, 0.717) is 5.92 Å². The van der Waals surface area contributed by atoms with Crippen LogP contribution in [0.15, 0.2) is 22.7 Å². The van der Waals surface area contributed by atoms with E-state index in [2.05, 4.69) is 58.3 Å². The van der Waals surface area contributed by atoms with Gasteiger partial charge in [0.1, 0.15) is 0 Å². The van der Waals surface area contributed by atoms with Gasteiger partial charge in [-0.05, 0) is 50.6 Å². The standard InChI is InChI=1S/C15H21BrN2/c1-15(6-3-7-17-15)12-4-5-13(14(16)8-12)11-9-18(2)10-11/h4-5,8,11,17H,3,6-7,9-10H2,1-2H3. The highest BCUT2D eigenvalue weighted by molar-refractivity contribution is 9.10. The Morgan fingerprint density at radius 1 is 1.39 bits per heavy atom. The first-order valence-corrected chi connectivity index (χ1v) is 7.61. The lowest BCUT2D eigenvalue weighted by Crippen LogP contribution is -2.42. The van der Waals surface area contributed by atoms with Crippen LogP contribution in [-0.4, -0.2) is 31.6 Å². The molecule has 0 spiro atoms. The van der Waals surface area contributed by atoms with E-state index < -0.39 is 0 Å². The smallest absolute Gasteiger partial charge is 0.0406 e. The van der Waals surface area contributed by atoms with Crippen LogP contribution in [0.25, 0.3) is 0 Å². The van der Waals surface area contributed by atoms with Crippen molar-refractivity contribution in [2.75, 3.05) is 26.7 Å². The number of hydrogen-bond donors (Lipinski definition) is 1. The Bertz CT molecular complexity index is 446. The van der Waals surface area contributed by atoms with E-state index in [1.807, 2.05) is 0 Å². The zero-order chi connectivity index (χ0) is 12.8. The van der Waals surface area contributed by atoms with Crippen LogP contribution in [0.5, 0.6) is 0 Å². The number of nitrogens with zero attached hydrogens (tertiary/aromatic N) is 1. The molecule has 0 aromatic heterocycles. The molecule has 1 atom stereocenters. The normalized spacial score (nSPS) is 29.5. The highest BCUT2D eigenvalue weighted by Crippen LogP contribution is 2.36. The molecule has 0 amide bonds. The van der Waals surface area contributed by atoms with E-state index in [9.17, 15) is 0 Å². The molecule has 0 saturated carbocycles. The van der Waals surface area contributed by atoms with Gasteiger partial charge in [0.15, 0.2) is 0 Å². The molecule has 3 heteroatoms. The van der Waals surface area contributed by atoms with Gasteiger partial charge < -0.3 is 10.2 Å². The number of likely N-dealkylation sites (tertiary alicyclic amines) is 1. The van der Waals surface area contributed by atoms with Crippen LogP contribution >= 0.6 is 15.9 Å². The molecule has 1 aromatic rings. The molecule has 2 aliphatic heterocycles. The van der Waals surface area contributed by atoms with Crippen LogP contribution in [0.4, 0.5) is 0 Å². The van der Waals surface area contributed by atoms with E-state index in [1.54, 1.807) is 0 Å². The first-order chi connectivity index (χ1) is 8.58. The van der Waals surface area contributed by atoms with Crippen molar-refractivity contribution < 1.29 is 0 Å². The fourth-order valence-corrected chi connectivity index (χ4v) is 3.94. The third-order valence-electron chi connectivity index (χ3n) is 4.51. The summed E-state index contributed by atoms with van der Waals surface area (Å²) in [6.07, 6.45) is 2.52. The summed E-state index contributed by atoms with van der Waals surface area (Å²) in [5.74, 6) is 0.711. The summed E-state index contributed by atoms with van der Waals surface area (Å²) in [7, 11) is 2.18. The number of nitrogens with one attached hydrogen (secondary N) is 1. The summed E-state index contributed by atoms with van der Waals surface area (Å²) in [6, 6.07) is 6.96. The van der Waals surface area contributed by atoms with Crippen LogP contribution in [0, 0.1) is 0 Å². The second-order valence-electron chi connectivity index (χ2n) is 6.02. The number of halogens is 1. The molecular weight excluding hydrogens is 288 g/mol. The average Bonchev–Trinajstić information content (AvgIpc) is 2.74. The van der Waals surface area contributed by atoms with E-state index in [1.165, 1.54) is 41.5 Å². The monoisotopic (exact) mass is 308 g/mol. The molecule has 2 aliphatic rings. The fourth-order valence-electron chi connectivity index (χ4n) is 3.24. The maximum absolute atomic E-state index is 3.77. The van der Waals surface area contributed by atoms with Gasteiger partial charge in [-0.25, -0.2) is 0 Å². The molecule has 2 nitrogen and oxygen atoms in total. The van der Waals surface area contributed by atoms with E-state index in [-0.39, 0.29) is 5.54 Å². The van der Waals surface area contributed by atoms with Crippen molar-refractivity contribution in [3.05, 3.63) is 33.8 Å². The summed E-state index contributed by atoms with van der Waals surface area (Å²) in [6.45, 7) is 5.84. The van der Waals surface area contributed by atoms with Crippen LogP contribution in [0.2, 0.25) is 0 Å². The molecule has 1 unspecified atom stereocenters. The Kier molecular flexibility index (Phi) is 3.25. The molecule has 1 aromatic carbocycles. The molecular formula is C15H21BrN2. The molecule has 1 N–H and O–H groups in total. The second-order valence-corrected chi connectivity index (χ2v) is 6.87. The minimum atomic E-state index is 0.178. The van der Waals surface area contributed by atoms with Gasteiger partial charge >= 0.3 is 0 Å². The van der Waals surface area contributed by atoms with Gasteiger partial charge in [-0.1, -0.05) is 28.1 Å². The first-order valence-electron chi connectivity index (χ1n) is 6.82. The number of rotatable bonds is 2. The molecule has 2 heterocycles. The Balaban J connectivity index is 1.85. The van der Waals surface area contributed by atoms with Gasteiger partial charge in [0, 0.05) is 29.0 Å². The minimum Gasteiger partial charge on any atom is -0.308 e. The van der Waals surface area contributed by atoms with Gasteiger partial charge in [0.2, 0.25) is 0 Å². The molecule has 3 rings (SSSR count). The zero-order valence-electron chi connectivity index (χ0n) is 11.2. The maximum atomic E-state index is 3.77. The fraction of sp³-hybridized carbons (Fsp3) is 0.600. The van der Waals surface area contributed by atoms with Gasteiger partial charge in [-0.15, -0.1) is 0 Å². The van der Waals surface area contributed by atoms with Crippen LogP contribution in [0.1, 0.15) is 36.8 Å². The highest BCUT2D eigenvalue weighted by atomic mass is 79.9. The van der Waals surface area contributed by atoms with Crippen molar-refractivity contribution in [1.29, 1.82) is 0 Å². The molecule has 98 valence electrons. The van der Waals surface area contributed by atoms with Crippen molar-refractivity contribution in [1.82, 2.24) is 10.2 Å². The number of hydrogen-bond acceptors (Lipinski definition) is 2. The van der Waals surface area contributed by atoms with Crippen molar-refractivity contribution in [2.24, 2.45) is 0 Å². The Labute approximate surface area is 118 Å².